The van der Waals surface area contributed by atoms with Crippen molar-refractivity contribution in [2.24, 2.45) is 23.5 Å². The second-order valence-corrected chi connectivity index (χ2v) is 8.26. The van der Waals surface area contributed by atoms with Gasteiger partial charge in [-0.1, -0.05) is 12.1 Å². The quantitative estimate of drug-likeness (QED) is 0.403. The van der Waals surface area contributed by atoms with Crippen LogP contribution in [0.4, 0.5) is 15.9 Å². The van der Waals surface area contributed by atoms with Gasteiger partial charge in [-0.3, -0.25) is 9.59 Å². The Morgan fingerprint density at radius 2 is 2.10 bits per heavy atom. The van der Waals surface area contributed by atoms with Gasteiger partial charge >= 0.3 is 0 Å². The van der Waals surface area contributed by atoms with Crippen LogP contribution in [0.25, 0.3) is 0 Å². The maximum Gasteiger partial charge on any atom is 0.224 e. The van der Waals surface area contributed by atoms with Crippen LogP contribution in [0.15, 0.2) is 30.5 Å². The second-order valence-electron chi connectivity index (χ2n) is 7.93. The Morgan fingerprint density at radius 1 is 1.30 bits per heavy atom. The summed E-state index contributed by atoms with van der Waals surface area (Å²) in [4.78, 5) is 32.1. The fraction of sp³-hybridized carbons (Fsp3) is 0.400. The zero-order valence-corrected chi connectivity index (χ0v) is 16.8. The van der Waals surface area contributed by atoms with Crippen molar-refractivity contribution in [3.63, 3.8) is 0 Å². The molecule has 1 aromatic carbocycles. The van der Waals surface area contributed by atoms with E-state index in [4.69, 9.17) is 23.1 Å². The number of primary amides is 1. The van der Waals surface area contributed by atoms with E-state index >= 15 is 0 Å². The molecule has 2 amide bonds. The van der Waals surface area contributed by atoms with E-state index in [1.165, 1.54) is 0 Å². The third-order valence-electron chi connectivity index (χ3n) is 6.01. The lowest BCUT2D eigenvalue weighted by molar-refractivity contribution is -0.123. The molecule has 6 N–H and O–H groups in total. The van der Waals surface area contributed by atoms with Crippen molar-refractivity contribution >= 4 is 34.9 Å². The molecule has 2 aliphatic carbocycles. The molecule has 0 aliphatic heterocycles. The molecular weight excluding hydrogens is 411 g/mol. The lowest BCUT2D eigenvalue weighted by Gasteiger charge is -2.35. The molecule has 2 saturated carbocycles. The van der Waals surface area contributed by atoms with Crippen LogP contribution in [0.2, 0.25) is 5.28 Å². The van der Waals surface area contributed by atoms with Crippen molar-refractivity contribution in [1.29, 1.82) is 0 Å². The number of hydrogen-bond acceptors (Lipinski definition) is 6. The Labute approximate surface area is 177 Å². The van der Waals surface area contributed by atoms with E-state index < -0.39 is 23.7 Å². The normalized spacial score (nSPS) is 27.1. The lowest BCUT2D eigenvalue weighted by atomic mass is 9.81. The Bertz CT molecular complexity index is 990. The predicted molar refractivity (Wildman–Crippen MR) is 110 cm³/mol. The first-order valence-corrected chi connectivity index (χ1v) is 10.1. The number of carbonyl (C=O) groups excluding carboxylic acids is 2. The summed E-state index contributed by atoms with van der Waals surface area (Å²) in [6.07, 6.45) is 2.52. The highest BCUT2D eigenvalue weighted by Crippen LogP contribution is 2.49. The van der Waals surface area contributed by atoms with Crippen LogP contribution in [0, 0.1) is 23.6 Å². The number of rotatable bonds is 6. The number of nitrogens with two attached hydrogens (primary N) is 2. The molecule has 2 aromatic rings. The van der Waals surface area contributed by atoms with Crippen LogP contribution in [0.5, 0.6) is 0 Å². The van der Waals surface area contributed by atoms with Crippen LogP contribution in [0.3, 0.4) is 0 Å². The van der Waals surface area contributed by atoms with Crippen molar-refractivity contribution in [3.8, 4) is 0 Å². The maximum atomic E-state index is 14.1. The van der Waals surface area contributed by atoms with Crippen LogP contribution in [-0.4, -0.2) is 33.9 Å². The molecular formula is C20H22ClFN6O2. The van der Waals surface area contributed by atoms with Gasteiger partial charge in [-0.15, -0.1) is 0 Å². The molecule has 1 aromatic heterocycles. The molecule has 30 heavy (non-hydrogen) atoms. The summed E-state index contributed by atoms with van der Waals surface area (Å²) in [5.41, 5.74) is 12.8. The summed E-state index contributed by atoms with van der Waals surface area (Å²) in [7, 11) is 0. The number of nitrogen functional groups attached to an aromatic ring is 1. The average molecular weight is 433 g/mol. The van der Waals surface area contributed by atoms with Gasteiger partial charge in [0.15, 0.2) is 11.6 Å². The van der Waals surface area contributed by atoms with Crippen molar-refractivity contribution in [1.82, 2.24) is 15.3 Å². The largest absolute Gasteiger partial charge is 0.399 e. The number of fused-ring (bicyclic) bond motifs is 2. The zero-order chi connectivity index (χ0) is 21.4. The molecule has 10 heteroatoms. The van der Waals surface area contributed by atoms with E-state index in [1.807, 2.05) is 6.07 Å². The minimum atomic E-state index is -0.673. The molecule has 0 radical (unpaired) electrons. The van der Waals surface area contributed by atoms with Gasteiger partial charge in [0.05, 0.1) is 18.5 Å². The van der Waals surface area contributed by atoms with E-state index in [2.05, 4.69) is 20.6 Å². The molecule has 0 spiro atoms. The van der Waals surface area contributed by atoms with Crippen molar-refractivity contribution in [2.45, 2.75) is 31.3 Å². The van der Waals surface area contributed by atoms with Crippen LogP contribution >= 0.6 is 11.6 Å². The zero-order valence-electron chi connectivity index (χ0n) is 16.0. The van der Waals surface area contributed by atoms with Gasteiger partial charge in [-0.05, 0) is 48.1 Å². The second kappa shape index (κ2) is 8.06. The molecule has 2 fully saturated rings. The van der Waals surface area contributed by atoms with Gasteiger partial charge in [0.25, 0.3) is 0 Å². The predicted octanol–water partition coefficient (Wildman–Crippen LogP) is 1.50. The third kappa shape index (κ3) is 4.02. The average Bonchev–Trinajstić information content (AvgIpc) is 3.22. The topological polar surface area (TPSA) is 136 Å². The van der Waals surface area contributed by atoms with Crippen LogP contribution in [-0.2, 0) is 16.0 Å². The first-order chi connectivity index (χ1) is 14.3. The van der Waals surface area contributed by atoms with Gasteiger partial charge in [0.2, 0.25) is 17.1 Å². The van der Waals surface area contributed by atoms with Gasteiger partial charge < -0.3 is 22.1 Å². The number of anilines is 2. The number of nitrogens with zero attached hydrogens (tertiary/aromatic N) is 2. The monoisotopic (exact) mass is 432 g/mol. The van der Waals surface area contributed by atoms with Gasteiger partial charge in [-0.25, -0.2) is 9.37 Å². The number of halogens is 2. The Kier molecular flexibility index (Phi) is 5.46. The van der Waals surface area contributed by atoms with Gasteiger partial charge in [-0.2, -0.15) is 4.98 Å². The van der Waals surface area contributed by atoms with E-state index in [0.29, 0.717) is 18.5 Å². The molecule has 158 valence electrons. The minimum Gasteiger partial charge on any atom is -0.399 e. The van der Waals surface area contributed by atoms with Crippen molar-refractivity contribution < 1.29 is 14.0 Å². The van der Waals surface area contributed by atoms with Gasteiger partial charge in [0, 0.05) is 23.7 Å². The van der Waals surface area contributed by atoms with Crippen molar-refractivity contribution in [2.75, 3.05) is 11.1 Å². The van der Waals surface area contributed by atoms with Gasteiger partial charge in [0.1, 0.15) is 0 Å². The Hall–Kier alpha value is -2.94. The highest BCUT2D eigenvalue weighted by Gasteiger charge is 2.55. The number of benzene rings is 1. The smallest absolute Gasteiger partial charge is 0.224 e. The Balaban J connectivity index is 1.48. The number of aromatic nitrogens is 2. The standard InChI is InChI=1S/C20H22ClFN6O2/c21-20-25-8-13(22)19(28-20)27-17-12-6-10(16(17)18(24)30)7-14(12)26-15(29)5-9-2-1-3-11(23)4-9/h1-4,8,10,12,14,16-17H,5-7,23H2,(H2,24,30)(H,26,29)(H,25,27,28)/t10-,12-,14-,16+,17-/m1/s1. The minimum absolute atomic E-state index is 0.00281. The number of hydrogen-bond donors (Lipinski definition) is 4. The first-order valence-electron chi connectivity index (χ1n) is 9.69. The SMILES string of the molecule is NC(=O)[C@H]1[C@@H]2C[C@@H]([C@H]1Nc1nc(Cl)ncc1F)[C@H](NC(=O)Cc1cccc(N)c1)C2. The maximum absolute atomic E-state index is 14.1. The molecule has 2 aliphatic rings. The highest BCUT2D eigenvalue weighted by molar-refractivity contribution is 6.28. The third-order valence-corrected chi connectivity index (χ3v) is 6.20. The van der Waals surface area contributed by atoms with E-state index in [0.717, 1.165) is 11.8 Å². The fourth-order valence-electron chi connectivity index (χ4n) is 4.88. The number of carbonyl (C=O) groups is 2. The summed E-state index contributed by atoms with van der Waals surface area (Å²) in [5.74, 6) is -1.91. The molecule has 0 saturated heterocycles. The molecule has 8 nitrogen and oxygen atoms in total. The first kappa shape index (κ1) is 20.3. The molecule has 2 bridgehead atoms. The van der Waals surface area contributed by atoms with E-state index in [9.17, 15) is 14.0 Å². The number of nitrogens with one attached hydrogen (secondary N) is 2. The van der Waals surface area contributed by atoms with Crippen LogP contribution < -0.4 is 22.1 Å². The summed E-state index contributed by atoms with van der Waals surface area (Å²) in [6, 6.07) is 6.54. The highest BCUT2D eigenvalue weighted by atomic mass is 35.5. The summed E-state index contributed by atoms with van der Waals surface area (Å²) < 4.78 is 14.1. The van der Waals surface area contributed by atoms with E-state index in [1.54, 1.807) is 18.2 Å². The fourth-order valence-corrected chi connectivity index (χ4v) is 5.02. The van der Waals surface area contributed by atoms with E-state index in [-0.39, 0.29) is 41.3 Å². The molecule has 5 atom stereocenters. The lowest BCUT2D eigenvalue weighted by Crippen LogP contribution is -2.52. The van der Waals surface area contributed by atoms with Crippen LogP contribution in [0.1, 0.15) is 18.4 Å². The molecule has 1 heterocycles. The molecule has 4 rings (SSSR count). The molecule has 0 unspecified atom stereocenters. The summed E-state index contributed by atoms with van der Waals surface area (Å²) >= 11 is 5.78. The summed E-state index contributed by atoms with van der Waals surface area (Å²) in [5, 5.41) is 5.94. The number of amides is 2. The van der Waals surface area contributed by atoms with Crippen molar-refractivity contribution in [3.05, 3.63) is 47.1 Å². The summed E-state index contributed by atoms with van der Waals surface area (Å²) in [6.45, 7) is 0. The Morgan fingerprint density at radius 3 is 2.83 bits per heavy atom.